The van der Waals surface area contributed by atoms with Crippen LogP contribution in [0.25, 0.3) is 11.8 Å². The summed E-state index contributed by atoms with van der Waals surface area (Å²) < 4.78 is 2.57. The fourth-order valence-electron chi connectivity index (χ4n) is 2.17. The summed E-state index contributed by atoms with van der Waals surface area (Å²) in [7, 11) is 0. The van der Waals surface area contributed by atoms with Gasteiger partial charge in [0, 0.05) is 32.5 Å². The lowest BCUT2D eigenvalue weighted by Crippen LogP contribution is -2.08. The van der Waals surface area contributed by atoms with Crippen LogP contribution >= 0.6 is 51.5 Å². The second kappa shape index (κ2) is 8.68. The fourth-order valence-corrected chi connectivity index (χ4v) is 2.90. The van der Waals surface area contributed by atoms with Gasteiger partial charge in [-0.05, 0) is 48.0 Å². The van der Waals surface area contributed by atoms with Crippen LogP contribution in [0.3, 0.4) is 0 Å². The van der Waals surface area contributed by atoms with Gasteiger partial charge >= 0.3 is 0 Å². The molecule has 3 aromatic rings. The van der Waals surface area contributed by atoms with Crippen molar-refractivity contribution in [1.82, 2.24) is 9.55 Å². The number of imidazole rings is 1. The first-order valence-corrected chi connectivity index (χ1v) is 8.55. The Labute approximate surface area is 169 Å². The van der Waals surface area contributed by atoms with Gasteiger partial charge in [0.05, 0.1) is 12.0 Å². The van der Waals surface area contributed by atoms with Crippen molar-refractivity contribution in [3.05, 3.63) is 86.8 Å². The summed E-state index contributed by atoms with van der Waals surface area (Å²) in [6, 6.07) is 12.3. The van der Waals surface area contributed by atoms with Crippen LogP contribution in [-0.2, 0) is 0 Å². The molecule has 3 nitrogen and oxygen atoms in total. The molecule has 0 N–H and O–H groups in total. The zero-order valence-corrected chi connectivity index (χ0v) is 16.6. The van der Waals surface area contributed by atoms with Crippen molar-refractivity contribution in [2.45, 2.75) is 0 Å². The fraction of sp³-hybridized carbons (Fsp3) is 0. The third-order valence-electron chi connectivity index (χ3n) is 3.38. The number of nitrogens with zero attached hydrogens (tertiary/aromatic N) is 2. The third-order valence-corrected chi connectivity index (χ3v) is 4.47. The monoisotopic (exact) mass is 456 g/mol. The maximum atomic E-state index is 12.9. The highest BCUT2D eigenvalue weighted by atomic mass is 79.9. The average molecular weight is 459 g/mol. The summed E-state index contributed by atoms with van der Waals surface area (Å²) in [5, 5.41) is 1.02. The summed E-state index contributed by atoms with van der Waals surface area (Å²) in [5.41, 5.74) is 1.72. The van der Waals surface area contributed by atoms with Crippen molar-refractivity contribution in [2.24, 2.45) is 0 Å². The van der Waals surface area contributed by atoms with Crippen LogP contribution in [0.15, 0.2) is 65.7 Å². The van der Waals surface area contributed by atoms with Crippen molar-refractivity contribution in [3.63, 3.8) is 0 Å². The molecule has 7 heteroatoms. The van der Waals surface area contributed by atoms with E-state index in [1.807, 2.05) is 12.1 Å². The first-order valence-electron chi connectivity index (χ1n) is 7.00. The normalized spacial score (nSPS) is 11.1. The maximum Gasteiger partial charge on any atom is 0.209 e. The number of rotatable bonds is 4. The Morgan fingerprint density at radius 2 is 1.84 bits per heavy atom. The molecule has 0 aliphatic rings. The van der Waals surface area contributed by atoms with Crippen molar-refractivity contribution in [1.29, 1.82) is 0 Å². The van der Waals surface area contributed by atoms with Gasteiger partial charge in [0.25, 0.3) is 0 Å². The topological polar surface area (TPSA) is 34.9 Å². The molecule has 0 bridgehead atoms. The summed E-state index contributed by atoms with van der Waals surface area (Å²) in [6.07, 6.45) is 6.63. The third kappa shape index (κ3) is 4.73. The van der Waals surface area contributed by atoms with Crippen LogP contribution in [0, 0.1) is 0 Å². The molecule has 0 saturated heterocycles. The molecule has 0 aliphatic heterocycles. The molecule has 0 fully saturated rings. The van der Waals surface area contributed by atoms with Gasteiger partial charge in [0.1, 0.15) is 0 Å². The molecule has 0 aliphatic carbocycles. The molecule has 0 saturated carbocycles. The quantitative estimate of drug-likeness (QED) is 0.342. The lowest BCUT2D eigenvalue weighted by molar-refractivity contribution is 0.105. The van der Waals surface area contributed by atoms with E-state index in [0.29, 0.717) is 26.9 Å². The number of Topliss-reactive ketones (excluding diaryl/α,β-unsaturated/α-hetero) is 1. The van der Waals surface area contributed by atoms with Crippen LogP contribution < -0.4 is 0 Å². The molecule has 0 unspecified atom stereocenters. The number of allylic oxidation sites excluding steroid dienone is 1. The summed E-state index contributed by atoms with van der Waals surface area (Å²) in [4.78, 5) is 17.0. The van der Waals surface area contributed by atoms with E-state index in [0.717, 1.165) is 4.47 Å². The van der Waals surface area contributed by atoms with E-state index in [9.17, 15) is 4.79 Å². The zero-order valence-electron chi connectivity index (χ0n) is 12.7. The van der Waals surface area contributed by atoms with Crippen molar-refractivity contribution in [2.75, 3.05) is 0 Å². The smallest absolute Gasteiger partial charge is 0.209 e. The van der Waals surface area contributed by atoms with Crippen LogP contribution in [-0.4, -0.2) is 15.3 Å². The van der Waals surface area contributed by atoms with Crippen LogP contribution in [0.1, 0.15) is 15.9 Å². The van der Waals surface area contributed by atoms with Gasteiger partial charge < -0.3 is 4.57 Å². The van der Waals surface area contributed by atoms with Gasteiger partial charge in [0.2, 0.25) is 5.78 Å². The average Bonchev–Trinajstić information content (AvgIpc) is 3.08. The van der Waals surface area contributed by atoms with Crippen molar-refractivity contribution < 1.29 is 4.79 Å². The lowest BCUT2D eigenvalue weighted by atomic mass is 10.1. The molecule has 0 spiro atoms. The van der Waals surface area contributed by atoms with E-state index in [-0.39, 0.29) is 18.2 Å². The molecular formula is C18H12BrCl3N2O. The number of carbonyl (C=O) groups is 1. The van der Waals surface area contributed by atoms with E-state index in [1.165, 1.54) is 0 Å². The largest absolute Gasteiger partial charge is 0.303 e. The van der Waals surface area contributed by atoms with E-state index < -0.39 is 0 Å². The second-order valence-corrected chi connectivity index (χ2v) is 6.76. The Bertz CT molecular complexity index is 907. The van der Waals surface area contributed by atoms with E-state index in [4.69, 9.17) is 23.2 Å². The summed E-state index contributed by atoms with van der Waals surface area (Å²) in [6.45, 7) is 0. The number of hydrogen-bond acceptors (Lipinski definition) is 2. The minimum absolute atomic E-state index is 0. The Morgan fingerprint density at radius 3 is 2.44 bits per heavy atom. The van der Waals surface area contributed by atoms with E-state index in [2.05, 4.69) is 20.9 Å². The predicted molar refractivity (Wildman–Crippen MR) is 109 cm³/mol. The van der Waals surface area contributed by atoms with Gasteiger partial charge in [0.15, 0.2) is 0 Å². The molecule has 1 heterocycles. The standard InChI is InChI=1S/C18H11BrCl2N2O.ClH/c19-14-4-1-12(2-5-14)18(24)17(23-8-7-22-11-23)9-13-3-6-15(20)10-16(13)21;/h1-11H;1H. The zero-order chi connectivity index (χ0) is 17.1. The van der Waals surface area contributed by atoms with Crippen LogP contribution in [0.5, 0.6) is 0 Å². The number of benzene rings is 2. The van der Waals surface area contributed by atoms with Gasteiger partial charge in [-0.15, -0.1) is 12.4 Å². The summed E-state index contributed by atoms with van der Waals surface area (Å²) in [5.74, 6) is -0.133. The number of halogens is 4. The van der Waals surface area contributed by atoms with Gasteiger partial charge in [-0.25, -0.2) is 4.98 Å². The molecule has 1 aromatic heterocycles. The van der Waals surface area contributed by atoms with Gasteiger partial charge in [-0.2, -0.15) is 0 Å². The number of hydrogen-bond donors (Lipinski definition) is 0. The number of ketones is 1. The lowest BCUT2D eigenvalue weighted by Gasteiger charge is -2.09. The summed E-state index contributed by atoms with van der Waals surface area (Å²) >= 11 is 15.5. The SMILES string of the molecule is Cl.O=C(C(=Cc1ccc(Cl)cc1Cl)n1ccnc1)c1ccc(Br)cc1. The Morgan fingerprint density at radius 1 is 1.12 bits per heavy atom. The molecule has 3 rings (SSSR count). The van der Waals surface area contributed by atoms with Crippen LogP contribution in [0.2, 0.25) is 10.0 Å². The van der Waals surface area contributed by atoms with E-state index >= 15 is 0 Å². The molecule has 0 amide bonds. The molecule has 0 atom stereocenters. The number of carbonyl (C=O) groups excluding carboxylic acids is 1. The predicted octanol–water partition coefficient (Wildman–Crippen LogP) is 6.26. The van der Waals surface area contributed by atoms with Crippen LogP contribution in [0.4, 0.5) is 0 Å². The van der Waals surface area contributed by atoms with E-state index in [1.54, 1.807) is 59.7 Å². The Kier molecular flexibility index (Phi) is 6.85. The number of aromatic nitrogens is 2. The highest BCUT2D eigenvalue weighted by molar-refractivity contribution is 9.10. The second-order valence-electron chi connectivity index (χ2n) is 5.00. The molecule has 128 valence electrons. The Balaban J connectivity index is 0.00000225. The molecule has 2 aromatic carbocycles. The highest BCUT2D eigenvalue weighted by Crippen LogP contribution is 2.25. The van der Waals surface area contributed by atoms with Gasteiger partial charge in [-0.1, -0.05) is 45.2 Å². The highest BCUT2D eigenvalue weighted by Gasteiger charge is 2.15. The minimum atomic E-state index is -0.133. The first-order chi connectivity index (χ1) is 11.5. The molecule has 0 radical (unpaired) electrons. The molecular weight excluding hydrogens is 446 g/mol. The van der Waals surface area contributed by atoms with Gasteiger partial charge in [-0.3, -0.25) is 4.79 Å². The molecule has 25 heavy (non-hydrogen) atoms. The minimum Gasteiger partial charge on any atom is -0.303 e. The maximum absolute atomic E-state index is 12.9. The first kappa shape index (κ1) is 19.7. The Hall–Kier alpha value is -1.59. The van der Waals surface area contributed by atoms with Crippen molar-refractivity contribution >= 4 is 69.1 Å². The van der Waals surface area contributed by atoms with Crippen molar-refractivity contribution in [3.8, 4) is 0 Å².